The molecule has 2 N–H and O–H groups in total. The number of piperidine rings is 1. The molecule has 1 fully saturated rings. The van der Waals surface area contributed by atoms with E-state index in [-0.39, 0.29) is 24.3 Å². The van der Waals surface area contributed by atoms with Gasteiger partial charge >= 0.3 is 5.97 Å². The van der Waals surface area contributed by atoms with E-state index in [1.807, 2.05) is 0 Å². The highest BCUT2D eigenvalue weighted by Crippen LogP contribution is 2.19. The zero-order chi connectivity index (χ0) is 16.2. The van der Waals surface area contributed by atoms with E-state index in [0.717, 1.165) is 6.26 Å². The number of carboxylic acids is 1. The molecule has 1 atom stereocenters. The van der Waals surface area contributed by atoms with Crippen molar-refractivity contribution in [3.63, 3.8) is 0 Å². The van der Waals surface area contributed by atoms with Crippen molar-refractivity contribution in [2.24, 2.45) is 17.8 Å². The first-order chi connectivity index (χ1) is 9.62. The lowest BCUT2D eigenvalue weighted by Crippen LogP contribution is -2.44. The third-order valence-corrected chi connectivity index (χ3v) is 5.22. The molecule has 0 aromatic rings. The van der Waals surface area contributed by atoms with E-state index >= 15 is 0 Å². The van der Waals surface area contributed by atoms with Crippen LogP contribution in [0.2, 0.25) is 0 Å². The number of nitrogens with one attached hydrogen (secondary N) is 1. The van der Waals surface area contributed by atoms with Crippen molar-refractivity contribution in [1.29, 1.82) is 0 Å². The lowest BCUT2D eigenvalue weighted by Gasteiger charge is -2.29. The molecule has 7 nitrogen and oxygen atoms in total. The molecule has 1 aliphatic rings. The predicted octanol–water partition coefficient (Wildman–Crippen LogP) is 0.131. The summed E-state index contributed by atoms with van der Waals surface area (Å²) in [6.45, 7) is 4.39. The maximum absolute atomic E-state index is 12.0. The Hall–Kier alpha value is -1.15. The van der Waals surface area contributed by atoms with E-state index in [1.54, 1.807) is 13.8 Å². The summed E-state index contributed by atoms with van der Waals surface area (Å²) in [6.07, 6.45) is 2.10. The third-order valence-electron chi connectivity index (χ3n) is 3.91. The van der Waals surface area contributed by atoms with Crippen molar-refractivity contribution in [2.75, 3.05) is 25.9 Å². The molecule has 1 unspecified atom stereocenters. The molecule has 8 heteroatoms. The number of nitrogens with zero attached hydrogens (tertiary/aromatic N) is 1. The van der Waals surface area contributed by atoms with Crippen LogP contribution in [0.4, 0.5) is 0 Å². The second kappa shape index (κ2) is 7.22. The molecular formula is C13H24N2O5S. The van der Waals surface area contributed by atoms with Gasteiger partial charge in [-0.1, -0.05) is 13.8 Å². The predicted molar refractivity (Wildman–Crippen MR) is 78.1 cm³/mol. The molecule has 1 saturated heterocycles. The highest BCUT2D eigenvalue weighted by atomic mass is 32.2. The van der Waals surface area contributed by atoms with Gasteiger partial charge in [-0.05, 0) is 18.8 Å². The van der Waals surface area contributed by atoms with Gasteiger partial charge in [-0.3, -0.25) is 9.59 Å². The molecule has 0 aromatic heterocycles. The number of hydrogen-bond donors (Lipinski definition) is 2. The first-order valence-electron chi connectivity index (χ1n) is 7.08. The van der Waals surface area contributed by atoms with Crippen molar-refractivity contribution in [1.82, 2.24) is 9.62 Å². The minimum atomic E-state index is -3.20. The smallest absolute Gasteiger partial charge is 0.308 e. The third kappa shape index (κ3) is 5.28. The largest absolute Gasteiger partial charge is 0.481 e. The van der Waals surface area contributed by atoms with Gasteiger partial charge in [-0.25, -0.2) is 12.7 Å². The average molecular weight is 320 g/mol. The highest BCUT2D eigenvalue weighted by molar-refractivity contribution is 7.88. The molecule has 122 valence electrons. The van der Waals surface area contributed by atoms with Gasteiger partial charge in [0.25, 0.3) is 0 Å². The number of rotatable bonds is 6. The maximum Gasteiger partial charge on any atom is 0.308 e. The standard InChI is InChI=1S/C13H24N2O5S/c1-9(2)11(13(17)18)8-14-12(16)10-4-6-15(7-5-10)21(3,19)20/h9-11H,4-8H2,1-3H3,(H,14,16)(H,17,18). The van der Waals surface area contributed by atoms with Crippen molar-refractivity contribution >= 4 is 21.9 Å². The van der Waals surface area contributed by atoms with Crippen molar-refractivity contribution in [2.45, 2.75) is 26.7 Å². The summed E-state index contributed by atoms with van der Waals surface area (Å²) >= 11 is 0. The molecule has 1 heterocycles. The van der Waals surface area contributed by atoms with E-state index < -0.39 is 21.9 Å². The topological polar surface area (TPSA) is 104 Å². The Balaban J connectivity index is 2.46. The molecule has 1 rings (SSSR count). The number of sulfonamides is 1. The summed E-state index contributed by atoms with van der Waals surface area (Å²) in [5.74, 6) is -2.02. The molecule has 0 bridgehead atoms. The van der Waals surface area contributed by atoms with E-state index in [1.165, 1.54) is 4.31 Å². The van der Waals surface area contributed by atoms with Crippen LogP contribution in [-0.4, -0.2) is 55.6 Å². The molecule has 21 heavy (non-hydrogen) atoms. The van der Waals surface area contributed by atoms with Crippen molar-refractivity contribution in [3.05, 3.63) is 0 Å². The Morgan fingerprint density at radius 2 is 1.81 bits per heavy atom. The minimum Gasteiger partial charge on any atom is -0.481 e. The number of hydrogen-bond acceptors (Lipinski definition) is 4. The number of carbonyl (C=O) groups excluding carboxylic acids is 1. The monoisotopic (exact) mass is 320 g/mol. The van der Waals surface area contributed by atoms with Crippen LogP contribution in [0.1, 0.15) is 26.7 Å². The zero-order valence-corrected chi connectivity index (χ0v) is 13.5. The lowest BCUT2D eigenvalue weighted by molar-refractivity contribution is -0.143. The Morgan fingerprint density at radius 1 is 1.29 bits per heavy atom. The fourth-order valence-electron chi connectivity index (χ4n) is 2.41. The molecule has 1 aliphatic heterocycles. The van der Waals surface area contributed by atoms with Crippen molar-refractivity contribution < 1.29 is 23.1 Å². The highest BCUT2D eigenvalue weighted by Gasteiger charge is 2.30. The van der Waals surface area contributed by atoms with Crippen LogP contribution in [0, 0.1) is 17.8 Å². The Bertz CT molecular complexity index is 481. The molecule has 0 spiro atoms. The van der Waals surface area contributed by atoms with Crippen LogP contribution >= 0.6 is 0 Å². The van der Waals surface area contributed by atoms with Crippen LogP contribution < -0.4 is 5.32 Å². The molecule has 0 aromatic carbocycles. The van der Waals surface area contributed by atoms with Gasteiger partial charge < -0.3 is 10.4 Å². The van der Waals surface area contributed by atoms with Gasteiger partial charge in [-0.2, -0.15) is 0 Å². The van der Waals surface area contributed by atoms with Gasteiger partial charge in [0.2, 0.25) is 15.9 Å². The number of aliphatic carboxylic acids is 1. The van der Waals surface area contributed by atoms with E-state index in [4.69, 9.17) is 5.11 Å². The molecule has 0 aliphatic carbocycles. The van der Waals surface area contributed by atoms with Gasteiger partial charge in [-0.15, -0.1) is 0 Å². The summed E-state index contributed by atoms with van der Waals surface area (Å²) in [4.78, 5) is 23.1. The second-order valence-electron chi connectivity index (χ2n) is 5.87. The van der Waals surface area contributed by atoms with Crippen LogP contribution in [0.5, 0.6) is 0 Å². The maximum atomic E-state index is 12.0. The first-order valence-corrected chi connectivity index (χ1v) is 8.93. The molecule has 0 saturated carbocycles. The lowest BCUT2D eigenvalue weighted by atomic mass is 9.94. The first kappa shape index (κ1) is 17.9. The number of carbonyl (C=O) groups is 2. The summed E-state index contributed by atoms with van der Waals surface area (Å²) in [5.41, 5.74) is 0. The van der Waals surface area contributed by atoms with Gasteiger partial charge in [0.05, 0.1) is 12.2 Å². The Kier molecular flexibility index (Phi) is 6.15. The quantitative estimate of drug-likeness (QED) is 0.724. The van der Waals surface area contributed by atoms with Crippen LogP contribution in [0.3, 0.4) is 0 Å². The number of amides is 1. The van der Waals surface area contributed by atoms with Crippen LogP contribution in [0.25, 0.3) is 0 Å². The van der Waals surface area contributed by atoms with E-state index in [9.17, 15) is 18.0 Å². The van der Waals surface area contributed by atoms with Gasteiger partial charge in [0.1, 0.15) is 0 Å². The van der Waals surface area contributed by atoms with E-state index in [0.29, 0.717) is 25.9 Å². The fraction of sp³-hybridized carbons (Fsp3) is 0.846. The second-order valence-corrected chi connectivity index (χ2v) is 7.85. The summed E-state index contributed by atoms with van der Waals surface area (Å²) in [5, 5.41) is 11.7. The molecular weight excluding hydrogens is 296 g/mol. The summed E-state index contributed by atoms with van der Waals surface area (Å²) in [6, 6.07) is 0. The van der Waals surface area contributed by atoms with Crippen LogP contribution in [0.15, 0.2) is 0 Å². The average Bonchev–Trinajstić information content (AvgIpc) is 2.37. The summed E-state index contributed by atoms with van der Waals surface area (Å²) in [7, 11) is -3.20. The Labute approximate surface area is 125 Å². The normalized spacial score (nSPS) is 19.4. The summed E-state index contributed by atoms with van der Waals surface area (Å²) < 4.78 is 24.1. The minimum absolute atomic E-state index is 0.0603. The molecule has 0 radical (unpaired) electrons. The zero-order valence-electron chi connectivity index (χ0n) is 12.7. The fourth-order valence-corrected chi connectivity index (χ4v) is 3.29. The Morgan fingerprint density at radius 3 is 2.19 bits per heavy atom. The van der Waals surface area contributed by atoms with Crippen molar-refractivity contribution in [3.8, 4) is 0 Å². The van der Waals surface area contributed by atoms with Crippen LogP contribution in [-0.2, 0) is 19.6 Å². The van der Waals surface area contributed by atoms with Gasteiger partial charge in [0, 0.05) is 25.6 Å². The number of carboxylic acid groups (broad SMARTS) is 1. The SMILES string of the molecule is CC(C)C(CNC(=O)C1CCN(S(C)(=O)=O)CC1)C(=O)O. The van der Waals surface area contributed by atoms with E-state index in [2.05, 4.69) is 5.32 Å². The molecule has 1 amide bonds. The van der Waals surface area contributed by atoms with Gasteiger partial charge in [0.15, 0.2) is 0 Å².